The van der Waals surface area contributed by atoms with Gasteiger partial charge >= 0.3 is 0 Å². The van der Waals surface area contributed by atoms with Crippen molar-refractivity contribution in [3.05, 3.63) is 30.1 Å². The first-order valence-corrected chi connectivity index (χ1v) is 7.18. The van der Waals surface area contributed by atoms with Gasteiger partial charge in [-0.15, -0.1) is 0 Å². The summed E-state index contributed by atoms with van der Waals surface area (Å²) in [6.45, 7) is 0. The number of halogens is 1. The van der Waals surface area contributed by atoms with E-state index in [1.807, 2.05) is 0 Å². The van der Waals surface area contributed by atoms with E-state index in [0.717, 1.165) is 25.0 Å². The van der Waals surface area contributed by atoms with E-state index >= 15 is 0 Å². The van der Waals surface area contributed by atoms with Gasteiger partial charge in [-0.1, -0.05) is 17.3 Å². The Balaban J connectivity index is 2.28. The van der Waals surface area contributed by atoms with Crippen LogP contribution < -0.4 is 10.5 Å². The Kier molecular flexibility index (Phi) is 3.72. The molecule has 1 unspecified atom stereocenters. The minimum atomic E-state index is -4.05. The van der Waals surface area contributed by atoms with Gasteiger partial charge in [0.1, 0.15) is 10.7 Å². The van der Waals surface area contributed by atoms with Crippen LogP contribution in [0.2, 0.25) is 0 Å². The third-order valence-electron chi connectivity index (χ3n) is 2.94. The van der Waals surface area contributed by atoms with Crippen molar-refractivity contribution in [1.29, 1.82) is 0 Å². The van der Waals surface area contributed by atoms with Gasteiger partial charge in [-0.25, -0.2) is 17.5 Å². The molecule has 0 bridgehead atoms. The minimum Gasteiger partial charge on any atom is -0.409 e. The van der Waals surface area contributed by atoms with E-state index in [4.69, 9.17) is 10.9 Å². The first kappa shape index (κ1) is 13.8. The minimum absolute atomic E-state index is 0.0163. The SMILES string of the molecule is NC(=NO)C(NS(=O)(=O)c1ccccc1F)C1CC1. The van der Waals surface area contributed by atoms with E-state index in [1.54, 1.807) is 0 Å². The molecule has 1 fully saturated rings. The smallest absolute Gasteiger partial charge is 0.244 e. The van der Waals surface area contributed by atoms with Gasteiger partial charge in [-0.2, -0.15) is 0 Å². The van der Waals surface area contributed by atoms with Crippen molar-refractivity contribution in [1.82, 2.24) is 4.72 Å². The number of sulfonamides is 1. The summed E-state index contributed by atoms with van der Waals surface area (Å²) in [5.74, 6) is -1.08. The monoisotopic (exact) mass is 287 g/mol. The lowest BCUT2D eigenvalue weighted by atomic mass is 10.2. The number of rotatable bonds is 5. The van der Waals surface area contributed by atoms with Crippen molar-refractivity contribution in [2.45, 2.75) is 23.8 Å². The summed E-state index contributed by atoms with van der Waals surface area (Å²) >= 11 is 0. The van der Waals surface area contributed by atoms with Gasteiger partial charge < -0.3 is 10.9 Å². The van der Waals surface area contributed by atoms with Gasteiger partial charge in [-0.05, 0) is 30.9 Å². The van der Waals surface area contributed by atoms with Crippen LogP contribution in [0.1, 0.15) is 12.8 Å². The average molecular weight is 287 g/mol. The Morgan fingerprint density at radius 2 is 2.11 bits per heavy atom. The average Bonchev–Trinajstić information content (AvgIpc) is 3.19. The zero-order valence-electron chi connectivity index (χ0n) is 9.95. The second-order valence-electron chi connectivity index (χ2n) is 4.39. The predicted molar refractivity (Wildman–Crippen MR) is 66.6 cm³/mol. The van der Waals surface area contributed by atoms with Crippen LogP contribution in [0, 0.1) is 11.7 Å². The first-order valence-electron chi connectivity index (χ1n) is 5.70. The fraction of sp³-hybridized carbons (Fsp3) is 0.364. The molecule has 0 spiro atoms. The quantitative estimate of drug-likeness (QED) is 0.320. The van der Waals surface area contributed by atoms with Gasteiger partial charge in [0, 0.05) is 0 Å². The topological polar surface area (TPSA) is 105 Å². The molecule has 0 heterocycles. The molecule has 2 rings (SSSR count). The Hall–Kier alpha value is -1.67. The second-order valence-corrected chi connectivity index (χ2v) is 6.07. The van der Waals surface area contributed by atoms with Crippen LogP contribution in [0.5, 0.6) is 0 Å². The predicted octanol–water partition coefficient (Wildman–Crippen LogP) is 0.629. The van der Waals surface area contributed by atoms with Gasteiger partial charge in [0.15, 0.2) is 5.84 Å². The second kappa shape index (κ2) is 5.14. The molecule has 6 nitrogen and oxygen atoms in total. The molecular weight excluding hydrogens is 273 g/mol. The van der Waals surface area contributed by atoms with Crippen LogP contribution in [0.4, 0.5) is 4.39 Å². The van der Waals surface area contributed by atoms with E-state index < -0.39 is 26.8 Å². The van der Waals surface area contributed by atoms with E-state index in [1.165, 1.54) is 12.1 Å². The maximum absolute atomic E-state index is 13.5. The molecule has 1 aliphatic carbocycles. The molecule has 0 aromatic heterocycles. The summed E-state index contributed by atoms with van der Waals surface area (Å²) in [6, 6.07) is 4.23. The zero-order chi connectivity index (χ0) is 14.0. The van der Waals surface area contributed by atoms with Crippen molar-refractivity contribution in [3.63, 3.8) is 0 Å². The van der Waals surface area contributed by atoms with E-state index in [-0.39, 0.29) is 11.8 Å². The normalized spacial score (nSPS) is 18.3. The van der Waals surface area contributed by atoms with E-state index in [2.05, 4.69) is 9.88 Å². The zero-order valence-corrected chi connectivity index (χ0v) is 10.8. The lowest BCUT2D eigenvalue weighted by molar-refractivity contribution is 0.314. The highest BCUT2D eigenvalue weighted by atomic mass is 32.2. The van der Waals surface area contributed by atoms with Crippen molar-refractivity contribution in [2.75, 3.05) is 0 Å². The molecule has 0 amide bonds. The number of hydrogen-bond acceptors (Lipinski definition) is 4. The van der Waals surface area contributed by atoms with Crippen LogP contribution in [0.3, 0.4) is 0 Å². The number of oxime groups is 1. The van der Waals surface area contributed by atoms with Gasteiger partial charge in [0.05, 0.1) is 6.04 Å². The third kappa shape index (κ3) is 3.02. The Labute approximate surface area is 110 Å². The molecule has 4 N–H and O–H groups in total. The number of nitrogens with one attached hydrogen (secondary N) is 1. The molecule has 0 aliphatic heterocycles. The maximum Gasteiger partial charge on any atom is 0.244 e. The molecule has 1 saturated carbocycles. The Bertz CT molecular complexity index is 599. The largest absolute Gasteiger partial charge is 0.409 e. The molecule has 1 aliphatic rings. The number of nitrogens with zero attached hydrogens (tertiary/aromatic N) is 1. The van der Waals surface area contributed by atoms with E-state index in [9.17, 15) is 12.8 Å². The van der Waals surface area contributed by atoms with Crippen LogP contribution in [0.25, 0.3) is 0 Å². The number of hydrogen-bond donors (Lipinski definition) is 3. The Morgan fingerprint density at radius 1 is 1.47 bits per heavy atom. The van der Waals surface area contributed by atoms with E-state index in [0.29, 0.717) is 0 Å². The van der Waals surface area contributed by atoms with Crippen LogP contribution in [0.15, 0.2) is 34.3 Å². The Morgan fingerprint density at radius 3 is 2.63 bits per heavy atom. The number of amidine groups is 1. The molecule has 0 radical (unpaired) electrons. The standard InChI is InChI=1S/C11H14FN3O3S/c12-8-3-1-2-4-9(8)19(17,18)15-10(7-5-6-7)11(13)14-16/h1-4,7,10,15-16H,5-6H2,(H2,13,14). The molecule has 104 valence electrons. The molecular formula is C11H14FN3O3S. The lowest BCUT2D eigenvalue weighted by Gasteiger charge is -2.17. The summed E-state index contributed by atoms with van der Waals surface area (Å²) in [5.41, 5.74) is 5.46. The van der Waals surface area contributed by atoms with Gasteiger partial charge in [0.2, 0.25) is 10.0 Å². The van der Waals surface area contributed by atoms with Crippen molar-refractivity contribution in [3.8, 4) is 0 Å². The van der Waals surface area contributed by atoms with Crippen LogP contribution >= 0.6 is 0 Å². The summed E-state index contributed by atoms with van der Waals surface area (Å²) in [4.78, 5) is -0.452. The summed E-state index contributed by atoms with van der Waals surface area (Å²) in [5, 5.41) is 11.5. The fourth-order valence-corrected chi connectivity index (χ4v) is 3.14. The third-order valence-corrected chi connectivity index (χ3v) is 4.41. The van der Waals surface area contributed by atoms with Gasteiger partial charge in [-0.3, -0.25) is 0 Å². The first-order chi connectivity index (χ1) is 8.95. The molecule has 1 atom stereocenters. The maximum atomic E-state index is 13.5. The van der Waals surface area contributed by atoms with Gasteiger partial charge in [0.25, 0.3) is 0 Å². The summed E-state index contributed by atoms with van der Waals surface area (Å²) in [7, 11) is -4.05. The number of benzene rings is 1. The summed E-state index contributed by atoms with van der Waals surface area (Å²) < 4.78 is 39.9. The van der Waals surface area contributed by atoms with Crippen molar-refractivity contribution < 1.29 is 18.0 Å². The summed E-state index contributed by atoms with van der Waals surface area (Å²) in [6.07, 6.45) is 1.56. The molecule has 1 aromatic carbocycles. The molecule has 19 heavy (non-hydrogen) atoms. The van der Waals surface area contributed by atoms with Crippen LogP contribution in [-0.4, -0.2) is 25.5 Å². The highest BCUT2D eigenvalue weighted by Crippen LogP contribution is 2.33. The molecule has 1 aromatic rings. The number of nitrogens with two attached hydrogens (primary N) is 1. The van der Waals surface area contributed by atoms with Crippen molar-refractivity contribution >= 4 is 15.9 Å². The lowest BCUT2D eigenvalue weighted by Crippen LogP contribution is -2.46. The highest BCUT2D eigenvalue weighted by molar-refractivity contribution is 7.89. The molecule has 0 saturated heterocycles. The fourth-order valence-electron chi connectivity index (χ4n) is 1.78. The molecule has 8 heteroatoms. The van der Waals surface area contributed by atoms with Crippen molar-refractivity contribution in [2.24, 2.45) is 16.8 Å². The highest BCUT2D eigenvalue weighted by Gasteiger charge is 2.37. The van der Waals surface area contributed by atoms with Crippen LogP contribution in [-0.2, 0) is 10.0 Å².